The molecule has 2 N–H and O–H groups in total. The van der Waals surface area contributed by atoms with Gasteiger partial charge in [-0.3, -0.25) is 4.57 Å². The topological polar surface area (TPSA) is 97.2 Å². The molecule has 1 saturated heterocycles. The number of imidazole rings is 1. The number of anilines is 3. The molecule has 0 aliphatic carbocycles. The summed E-state index contributed by atoms with van der Waals surface area (Å²) in [5, 5.41) is 6.26. The van der Waals surface area contributed by atoms with Gasteiger partial charge in [0.1, 0.15) is 11.1 Å². The summed E-state index contributed by atoms with van der Waals surface area (Å²) in [5.74, 6) is 0.710. The maximum Gasteiger partial charge on any atom is 0.416 e. The van der Waals surface area contributed by atoms with E-state index in [0.29, 0.717) is 42.6 Å². The Hall–Kier alpha value is -3.57. The van der Waals surface area contributed by atoms with Gasteiger partial charge >= 0.3 is 12.3 Å². The van der Waals surface area contributed by atoms with Crippen molar-refractivity contribution in [3.8, 4) is 0 Å². The van der Waals surface area contributed by atoms with E-state index in [1.807, 2.05) is 25.3 Å². The summed E-state index contributed by atoms with van der Waals surface area (Å²) in [5.41, 5.74) is -0.480. The highest BCUT2D eigenvalue weighted by molar-refractivity contribution is 5.77. The number of ether oxygens (including phenoxy) is 1. The van der Waals surface area contributed by atoms with Crippen LogP contribution >= 0.6 is 0 Å². The molecule has 1 fully saturated rings. The Morgan fingerprint density at radius 1 is 1.11 bits per heavy atom. The molecule has 2 aromatic heterocycles. The summed E-state index contributed by atoms with van der Waals surface area (Å²) in [7, 11) is 0. The van der Waals surface area contributed by atoms with Crippen molar-refractivity contribution in [2.24, 2.45) is 0 Å². The van der Waals surface area contributed by atoms with Gasteiger partial charge in [-0.25, -0.2) is 14.8 Å². The van der Waals surface area contributed by atoms with E-state index in [1.165, 1.54) is 6.07 Å². The second-order valence-corrected chi connectivity index (χ2v) is 11.2. The Labute approximate surface area is 213 Å². The fraction of sp³-hybridized carbons (Fsp3) is 0.520. The number of alkyl halides is 3. The van der Waals surface area contributed by atoms with Gasteiger partial charge in [0.25, 0.3) is 0 Å². The second-order valence-electron chi connectivity index (χ2n) is 11.2. The molecule has 0 spiro atoms. The molecule has 0 saturated carbocycles. The standard InChI is InChI=1S/C25H32F3N7O2/c1-23(2,3)33-20-29-13-18-19(32-20)35(17-10-11-34(14-17)22(36)37-24(4,5)6)21(31-18)30-16-9-7-8-15(12-16)25(26,27)28/h7-9,12-13,17H,10-11,14H2,1-6H3,(H,30,31)(H,29,32,33). The molecular weight excluding hydrogens is 487 g/mol. The molecule has 1 amide bonds. The molecule has 1 aliphatic rings. The van der Waals surface area contributed by atoms with Crippen molar-refractivity contribution < 1.29 is 22.7 Å². The number of nitrogens with zero attached hydrogens (tertiary/aromatic N) is 5. The van der Waals surface area contributed by atoms with Crippen molar-refractivity contribution in [3.63, 3.8) is 0 Å². The summed E-state index contributed by atoms with van der Waals surface area (Å²) in [6.07, 6.45) is -2.73. The fourth-order valence-corrected chi connectivity index (χ4v) is 4.07. The van der Waals surface area contributed by atoms with Crippen LogP contribution in [-0.2, 0) is 10.9 Å². The molecule has 1 unspecified atom stereocenters. The van der Waals surface area contributed by atoms with Crippen molar-refractivity contribution in [2.75, 3.05) is 23.7 Å². The van der Waals surface area contributed by atoms with Gasteiger partial charge in [-0.05, 0) is 66.2 Å². The van der Waals surface area contributed by atoms with Gasteiger partial charge < -0.3 is 20.3 Å². The number of halogens is 3. The van der Waals surface area contributed by atoms with Gasteiger partial charge in [0.2, 0.25) is 11.9 Å². The summed E-state index contributed by atoms with van der Waals surface area (Å²) in [4.78, 5) is 27.9. The molecule has 37 heavy (non-hydrogen) atoms. The van der Waals surface area contributed by atoms with Gasteiger partial charge in [-0.1, -0.05) is 6.07 Å². The van der Waals surface area contributed by atoms with Crippen LogP contribution in [0.25, 0.3) is 11.2 Å². The molecule has 1 atom stereocenters. The summed E-state index contributed by atoms with van der Waals surface area (Å²) < 4.78 is 47.2. The van der Waals surface area contributed by atoms with Crippen LogP contribution in [0.4, 0.5) is 35.5 Å². The van der Waals surface area contributed by atoms with E-state index in [-0.39, 0.29) is 17.3 Å². The molecule has 0 bridgehead atoms. The Balaban J connectivity index is 1.72. The number of hydrogen-bond donors (Lipinski definition) is 2. The number of benzene rings is 1. The summed E-state index contributed by atoms with van der Waals surface area (Å²) in [6, 6.07) is 4.69. The van der Waals surface area contributed by atoms with Crippen LogP contribution in [0.15, 0.2) is 30.5 Å². The molecule has 3 heterocycles. The lowest BCUT2D eigenvalue weighted by molar-refractivity contribution is -0.137. The third kappa shape index (κ3) is 6.41. The van der Waals surface area contributed by atoms with Crippen molar-refractivity contribution in [3.05, 3.63) is 36.0 Å². The maximum absolute atomic E-state index is 13.3. The van der Waals surface area contributed by atoms with E-state index in [4.69, 9.17) is 4.74 Å². The largest absolute Gasteiger partial charge is 0.444 e. The monoisotopic (exact) mass is 519 g/mol. The highest BCUT2D eigenvalue weighted by Gasteiger charge is 2.34. The number of likely N-dealkylation sites (tertiary alicyclic amines) is 1. The molecule has 1 aromatic carbocycles. The quantitative estimate of drug-likeness (QED) is 0.438. The molecular formula is C25H32F3N7O2. The minimum atomic E-state index is -4.48. The zero-order valence-corrected chi connectivity index (χ0v) is 21.8. The number of hydrogen-bond acceptors (Lipinski definition) is 7. The van der Waals surface area contributed by atoms with Crippen LogP contribution in [-0.4, -0.2) is 54.7 Å². The molecule has 200 valence electrons. The van der Waals surface area contributed by atoms with E-state index in [2.05, 4.69) is 25.6 Å². The number of rotatable bonds is 4. The smallest absolute Gasteiger partial charge is 0.416 e. The van der Waals surface area contributed by atoms with Crippen LogP contribution in [0, 0.1) is 0 Å². The molecule has 9 nitrogen and oxygen atoms in total. The van der Waals surface area contributed by atoms with Gasteiger partial charge in [0.15, 0.2) is 5.65 Å². The molecule has 4 rings (SSSR count). The van der Waals surface area contributed by atoms with Gasteiger partial charge in [0.05, 0.1) is 17.8 Å². The first-order valence-corrected chi connectivity index (χ1v) is 12.0. The Morgan fingerprint density at radius 3 is 2.49 bits per heavy atom. The highest BCUT2D eigenvalue weighted by atomic mass is 19.4. The predicted molar refractivity (Wildman–Crippen MR) is 135 cm³/mol. The third-order valence-corrected chi connectivity index (χ3v) is 5.55. The summed E-state index contributed by atoms with van der Waals surface area (Å²) in [6.45, 7) is 12.2. The molecule has 12 heteroatoms. The first-order chi connectivity index (χ1) is 17.1. The number of nitrogens with one attached hydrogen (secondary N) is 2. The van der Waals surface area contributed by atoms with Gasteiger partial charge in [-0.15, -0.1) is 0 Å². The zero-order chi connectivity index (χ0) is 27.2. The van der Waals surface area contributed by atoms with Crippen LogP contribution in [0.1, 0.15) is 59.6 Å². The Kier molecular flexibility index (Phi) is 6.72. The lowest BCUT2D eigenvalue weighted by atomic mass is 10.1. The molecule has 0 radical (unpaired) electrons. The normalized spacial score (nSPS) is 16.8. The number of fused-ring (bicyclic) bond motifs is 1. The van der Waals surface area contributed by atoms with E-state index in [9.17, 15) is 18.0 Å². The first kappa shape index (κ1) is 26.5. The predicted octanol–water partition coefficient (Wildman–Crippen LogP) is 5.98. The van der Waals surface area contributed by atoms with Gasteiger partial charge in [0, 0.05) is 24.3 Å². The first-order valence-electron chi connectivity index (χ1n) is 12.0. The van der Waals surface area contributed by atoms with E-state index in [1.54, 1.807) is 37.9 Å². The lowest BCUT2D eigenvalue weighted by Gasteiger charge is -2.25. The number of amides is 1. The third-order valence-electron chi connectivity index (χ3n) is 5.55. The molecule has 3 aromatic rings. The zero-order valence-electron chi connectivity index (χ0n) is 21.8. The van der Waals surface area contributed by atoms with Crippen molar-refractivity contribution in [2.45, 2.75) is 71.3 Å². The number of aromatic nitrogens is 4. The Morgan fingerprint density at radius 2 is 1.84 bits per heavy atom. The van der Waals surface area contributed by atoms with Crippen molar-refractivity contribution >= 4 is 34.8 Å². The Bertz CT molecular complexity index is 1290. The average molecular weight is 520 g/mol. The van der Waals surface area contributed by atoms with E-state index >= 15 is 0 Å². The SMILES string of the molecule is CC(C)(C)Nc1ncc2nc(Nc3cccc(C(F)(F)F)c3)n(C3CCN(C(=O)OC(C)(C)C)C3)c2n1. The molecule has 1 aliphatic heterocycles. The van der Waals surface area contributed by atoms with Crippen LogP contribution < -0.4 is 10.6 Å². The van der Waals surface area contributed by atoms with Crippen LogP contribution in [0.5, 0.6) is 0 Å². The van der Waals surface area contributed by atoms with Crippen molar-refractivity contribution in [1.29, 1.82) is 0 Å². The number of carbonyl (C=O) groups is 1. The van der Waals surface area contributed by atoms with Crippen LogP contribution in [0.2, 0.25) is 0 Å². The number of carbonyl (C=O) groups excluding carboxylic acids is 1. The van der Waals surface area contributed by atoms with Gasteiger partial charge in [-0.2, -0.15) is 18.2 Å². The minimum absolute atomic E-state index is 0.231. The highest BCUT2D eigenvalue weighted by Crippen LogP contribution is 2.34. The second kappa shape index (κ2) is 9.38. The van der Waals surface area contributed by atoms with Crippen LogP contribution in [0.3, 0.4) is 0 Å². The van der Waals surface area contributed by atoms with E-state index < -0.39 is 23.4 Å². The van der Waals surface area contributed by atoms with Crippen molar-refractivity contribution in [1.82, 2.24) is 24.4 Å². The summed E-state index contributed by atoms with van der Waals surface area (Å²) >= 11 is 0. The average Bonchev–Trinajstić information content (AvgIpc) is 3.35. The van der Waals surface area contributed by atoms with E-state index in [0.717, 1.165) is 12.1 Å². The maximum atomic E-state index is 13.3. The fourth-order valence-electron chi connectivity index (χ4n) is 4.07. The minimum Gasteiger partial charge on any atom is -0.444 e. The lowest BCUT2D eigenvalue weighted by Crippen LogP contribution is -2.35.